The van der Waals surface area contributed by atoms with E-state index in [1.54, 1.807) is 37.3 Å². The number of amides is 1. The van der Waals surface area contributed by atoms with Crippen LogP contribution in [-0.4, -0.2) is 11.1 Å². The molecule has 0 spiro atoms. The number of rotatable bonds is 4. The Morgan fingerprint density at radius 3 is 2.56 bits per heavy atom. The number of nitrogens with one attached hydrogen (secondary N) is 1. The van der Waals surface area contributed by atoms with Gasteiger partial charge in [0.25, 0.3) is 5.91 Å². The van der Waals surface area contributed by atoms with Crippen LogP contribution in [0.3, 0.4) is 0 Å². The predicted octanol–water partition coefficient (Wildman–Crippen LogP) is 5.54. The first-order chi connectivity index (χ1) is 12.0. The summed E-state index contributed by atoms with van der Waals surface area (Å²) in [7, 11) is 0. The van der Waals surface area contributed by atoms with Crippen molar-refractivity contribution in [3.05, 3.63) is 74.4 Å². The van der Waals surface area contributed by atoms with Crippen molar-refractivity contribution in [1.82, 2.24) is 10.5 Å². The van der Waals surface area contributed by atoms with Gasteiger partial charge in [0.05, 0.1) is 15.1 Å². The van der Waals surface area contributed by atoms with Crippen molar-refractivity contribution in [3.63, 3.8) is 0 Å². The molecule has 0 fully saturated rings. The van der Waals surface area contributed by atoms with Crippen LogP contribution < -0.4 is 5.32 Å². The summed E-state index contributed by atoms with van der Waals surface area (Å²) >= 11 is 18.1. The third-order valence-electron chi connectivity index (χ3n) is 3.66. The van der Waals surface area contributed by atoms with Gasteiger partial charge in [-0.25, -0.2) is 0 Å². The molecule has 0 bridgehead atoms. The molecule has 0 saturated heterocycles. The van der Waals surface area contributed by atoms with E-state index in [9.17, 15) is 4.79 Å². The van der Waals surface area contributed by atoms with Crippen LogP contribution in [0, 0.1) is 6.92 Å². The lowest BCUT2D eigenvalue weighted by molar-refractivity contribution is 0.0950. The smallest absolute Gasteiger partial charge is 0.257 e. The van der Waals surface area contributed by atoms with Crippen molar-refractivity contribution < 1.29 is 9.32 Å². The van der Waals surface area contributed by atoms with Gasteiger partial charge in [-0.05, 0) is 30.7 Å². The van der Waals surface area contributed by atoms with Crippen molar-refractivity contribution in [1.29, 1.82) is 0 Å². The molecule has 0 aliphatic carbocycles. The number of carbonyl (C=O) groups excluding carboxylic acids is 1. The van der Waals surface area contributed by atoms with E-state index in [0.717, 1.165) is 5.56 Å². The number of hydrogen-bond acceptors (Lipinski definition) is 3. The number of carbonyl (C=O) groups is 1. The minimum Gasteiger partial charge on any atom is -0.360 e. The molecule has 3 aromatic rings. The van der Waals surface area contributed by atoms with Crippen LogP contribution in [0.15, 0.2) is 47.0 Å². The molecular formula is C18H13Cl3N2O2. The fourth-order valence-electron chi connectivity index (χ4n) is 2.40. The quantitative estimate of drug-likeness (QED) is 0.631. The highest BCUT2D eigenvalue weighted by Gasteiger charge is 2.22. The van der Waals surface area contributed by atoms with E-state index in [2.05, 4.69) is 10.5 Å². The van der Waals surface area contributed by atoms with Crippen LogP contribution in [-0.2, 0) is 6.54 Å². The molecule has 0 unspecified atom stereocenters. The molecule has 0 saturated carbocycles. The van der Waals surface area contributed by atoms with Gasteiger partial charge >= 0.3 is 0 Å². The van der Waals surface area contributed by atoms with Crippen LogP contribution in [0.1, 0.15) is 21.7 Å². The third-order valence-corrected chi connectivity index (χ3v) is 4.72. The summed E-state index contributed by atoms with van der Waals surface area (Å²) in [6.45, 7) is 1.98. The molecule has 2 aromatic carbocycles. The molecule has 0 aliphatic rings. The van der Waals surface area contributed by atoms with Gasteiger partial charge in [0.15, 0.2) is 0 Å². The maximum atomic E-state index is 12.6. The second kappa shape index (κ2) is 7.48. The van der Waals surface area contributed by atoms with E-state index in [1.165, 1.54) is 0 Å². The zero-order valence-corrected chi connectivity index (χ0v) is 15.4. The Bertz CT molecular complexity index is 938. The molecule has 128 valence electrons. The first-order valence-electron chi connectivity index (χ1n) is 7.40. The van der Waals surface area contributed by atoms with E-state index in [-0.39, 0.29) is 5.91 Å². The highest BCUT2D eigenvalue weighted by atomic mass is 35.5. The lowest BCUT2D eigenvalue weighted by atomic mass is 10.1. The molecule has 1 N–H and O–H groups in total. The Balaban J connectivity index is 1.84. The summed E-state index contributed by atoms with van der Waals surface area (Å²) < 4.78 is 5.21. The van der Waals surface area contributed by atoms with Crippen molar-refractivity contribution in [2.24, 2.45) is 0 Å². The first-order valence-corrected chi connectivity index (χ1v) is 8.54. The minimum atomic E-state index is -0.306. The number of halogens is 3. The Morgan fingerprint density at radius 1 is 1.08 bits per heavy atom. The van der Waals surface area contributed by atoms with E-state index in [4.69, 9.17) is 39.3 Å². The maximum Gasteiger partial charge on any atom is 0.257 e. The molecule has 0 radical (unpaired) electrons. The van der Waals surface area contributed by atoms with E-state index in [1.807, 2.05) is 12.1 Å². The number of aryl methyl sites for hydroxylation is 1. The van der Waals surface area contributed by atoms with Crippen LogP contribution in [0.5, 0.6) is 0 Å². The van der Waals surface area contributed by atoms with Crippen molar-refractivity contribution in [2.45, 2.75) is 13.5 Å². The molecule has 4 nitrogen and oxygen atoms in total. The lowest BCUT2D eigenvalue weighted by Crippen LogP contribution is -2.23. The first kappa shape index (κ1) is 17.8. The molecule has 1 aromatic heterocycles. The number of nitrogens with zero attached hydrogens (tertiary/aromatic N) is 1. The number of hydrogen-bond donors (Lipinski definition) is 1. The standard InChI is InChI=1S/C18H13Cl3N2O2/c1-10-16(17(23-25-10)12-4-2-3-5-13(12)19)18(24)22-9-11-6-7-14(20)15(21)8-11/h2-8H,9H2,1H3,(H,22,24). The molecule has 1 amide bonds. The van der Waals surface area contributed by atoms with Crippen LogP contribution in [0.25, 0.3) is 11.3 Å². The van der Waals surface area contributed by atoms with Crippen LogP contribution in [0.4, 0.5) is 0 Å². The van der Waals surface area contributed by atoms with Gasteiger partial charge in [0, 0.05) is 12.1 Å². The van der Waals surface area contributed by atoms with Crippen LogP contribution in [0.2, 0.25) is 15.1 Å². The topological polar surface area (TPSA) is 55.1 Å². The zero-order chi connectivity index (χ0) is 18.0. The minimum absolute atomic E-state index is 0.294. The van der Waals surface area contributed by atoms with Gasteiger partial charge in [-0.2, -0.15) is 0 Å². The molecule has 3 rings (SSSR count). The summed E-state index contributed by atoms with van der Waals surface area (Å²) in [5.74, 6) is 0.112. The summed E-state index contributed by atoms with van der Waals surface area (Å²) in [6.07, 6.45) is 0. The monoisotopic (exact) mass is 394 g/mol. The van der Waals surface area contributed by atoms with Gasteiger partial charge in [0.2, 0.25) is 0 Å². The van der Waals surface area contributed by atoms with Gasteiger partial charge in [-0.1, -0.05) is 64.2 Å². The Labute approximate surface area is 159 Å². The summed E-state index contributed by atoms with van der Waals surface area (Å²) in [5.41, 5.74) is 2.24. The molecule has 7 heteroatoms. The fraction of sp³-hybridized carbons (Fsp3) is 0.111. The van der Waals surface area contributed by atoms with Gasteiger partial charge in [0.1, 0.15) is 17.0 Å². The Hall–Kier alpha value is -2.01. The Kier molecular flexibility index (Phi) is 5.33. The average Bonchev–Trinajstić information content (AvgIpc) is 2.97. The molecule has 0 atom stereocenters. The SMILES string of the molecule is Cc1onc(-c2ccccc2Cl)c1C(=O)NCc1ccc(Cl)c(Cl)c1. The summed E-state index contributed by atoms with van der Waals surface area (Å²) in [4.78, 5) is 12.6. The molecule has 0 aliphatic heterocycles. The largest absolute Gasteiger partial charge is 0.360 e. The third kappa shape index (κ3) is 3.82. The van der Waals surface area contributed by atoms with E-state index < -0.39 is 0 Å². The highest BCUT2D eigenvalue weighted by Crippen LogP contribution is 2.31. The zero-order valence-electron chi connectivity index (χ0n) is 13.1. The normalized spacial score (nSPS) is 10.7. The van der Waals surface area contributed by atoms with Gasteiger partial charge < -0.3 is 9.84 Å². The van der Waals surface area contributed by atoms with Gasteiger partial charge in [-0.15, -0.1) is 0 Å². The fourth-order valence-corrected chi connectivity index (χ4v) is 2.94. The molecular weight excluding hydrogens is 383 g/mol. The summed E-state index contributed by atoms with van der Waals surface area (Å²) in [6, 6.07) is 12.3. The predicted molar refractivity (Wildman–Crippen MR) is 99.3 cm³/mol. The average molecular weight is 396 g/mol. The van der Waals surface area contributed by atoms with Crippen LogP contribution >= 0.6 is 34.8 Å². The number of benzene rings is 2. The maximum absolute atomic E-state index is 12.6. The van der Waals surface area contributed by atoms with Gasteiger partial charge in [-0.3, -0.25) is 4.79 Å². The summed E-state index contributed by atoms with van der Waals surface area (Å²) in [5, 5.41) is 8.22. The van der Waals surface area contributed by atoms with Crippen molar-refractivity contribution >= 4 is 40.7 Å². The second-order valence-electron chi connectivity index (χ2n) is 5.37. The van der Waals surface area contributed by atoms with E-state index >= 15 is 0 Å². The second-order valence-corrected chi connectivity index (χ2v) is 6.59. The lowest BCUT2D eigenvalue weighted by Gasteiger charge is -2.07. The van der Waals surface area contributed by atoms with Crippen molar-refractivity contribution in [3.8, 4) is 11.3 Å². The number of aromatic nitrogens is 1. The van der Waals surface area contributed by atoms with Crippen molar-refractivity contribution in [2.75, 3.05) is 0 Å². The molecule has 1 heterocycles. The molecule has 25 heavy (non-hydrogen) atoms. The van der Waals surface area contributed by atoms with E-state index in [0.29, 0.717) is 44.2 Å². The highest BCUT2D eigenvalue weighted by molar-refractivity contribution is 6.42. The Morgan fingerprint density at radius 2 is 1.84 bits per heavy atom.